The lowest BCUT2D eigenvalue weighted by molar-refractivity contribution is 0.0193. The van der Waals surface area contributed by atoms with E-state index < -0.39 is 0 Å². The van der Waals surface area contributed by atoms with Crippen molar-refractivity contribution in [2.75, 3.05) is 46.4 Å². The zero-order valence-electron chi connectivity index (χ0n) is 17.3. The topological polar surface area (TPSA) is 53.1 Å². The molecular formula is C23H25Cl2N3O3. The molecule has 164 valence electrons. The molecule has 8 heteroatoms. The molecule has 0 aliphatic carbocycles. The number of likely N-dealkylation sites (tertiary alicyclic amines) is 1. The standard InChI is InChI=1S/C23H25Cl2N3O3/c1-31-21-15-28(23(30)17-4-8-19(25)9-5-17)14-20(21)26-10-12-27(13-11-26)22(29)16-2-6-18(24)7-3-16/h2-9,20-21H,10-15H2,1H3/t20-,21-/m1/s1. The second-order valence-corrected chi connectivity index (χ2v) is 8.77. The predicted molar refractivity (Wildman–Crippen MR) is 121 cm³/mol. The highest BCUT2D eigenvalue weighted by molar-refractivity contribution is 6.31. The van der Waals surface area contributed by atoms with Gasteiger partial charge in [-0.25, -0.2) is 0 Å². The number of benzene rings is 2. The molecule has 0 N–H and O–H groups in total. The van der Waals surface area contributed by atoms with Gasteiger partial charge in [-0.05, 0) is 48.5 Å². The molecule has 2 heterocycles. The van der Waals surface area contributed by atoms with Gasteiger partial charge in [-0.15, -0.1) is 0 Å². The minimum Gasteiger partial charge on any atom is -0.378 e. The van der Waals surface area contributed by atoms with Crippen molar-refractivity contribution >= 4 is 35.0 Å². The van der Waals surface area contributed by atoms with Crippen molar-refractivity contribution in [3.63, 3.8) is 0 Å². The summed E-state index contributed by atoms with van der Waals surface area (Å²) in [6, 6.07) is 14.1. The fourth-order valence-corrected chi connectivity index (χ4v) is 4.56. The molecule has 2 saturated heterocycles. The van der Waals surface area contributed by atoms with Crippen LogP contribution < -0.4 is 0 Å². The molecule has 0 aromatic heterocycles. The Labute approximate surface area is 192 Å². The SMILES string of the molecule is CO[C@@H]1CN(C(=O)c2ccc(Cl)cc2)C[C@H]1N1CCN(C(=O)c2ccc(Cl)cc2)CC1. The van der Waals surface area contributed by atoms with Crippen molar-refractivity contribution in [2.45, 2.75) is 12.1 Å². The predicted octanol–water partition coefficient (Wildman–Crippen LogP) is 3.29. The zero-order valence-corrected chi connectivity index (χ0v) is 18.9. The number of hydrogen-bond acceptors (Lipinski definition) is 4. The molecule has 2 aliphatic rings. The van der Waals surface area contributed by atoms with Gasteiger partial charge >= 0.3 is 0 Å². The molecule has 2 atom stereocenters. The van der Waals surface area contributed by atoms with Crippen molar-refractivity contribution in [3.05, 3.63) is 69.7 Å². The van der Waals surface area contributed by atoms with Crippen LogP contribution in [-0.4, -0.2) is 85.0 Å². The number of rotatable bonds is 4. The fourth-order valence-electron chi connectivity index (χ4n) is 4.31. The average Bonchev–Trinajstić information content (AvgIpc) is 3.24. The lowest BCUT2D eigenvalue weighted by Gasteiger charge is -2.39. The molecule has 2 aliphatic heterocycles. The number of carbonyl (C=O) groups is 2. The summed E-state index contributed by atoms with van der Waals surface area (Å²) in [6.45, 7) is 3.91. The van der Waals surface area contributed by atoms with Crippen LogP contribution >= 0.6 is 23.2 Å². The number of piperazine rings is 1. The van der Waals surface area contributed by atoms with Gasteiger partial charge in [0.05, 0.1) is 12.1 Å². The second kappa shape index (κ2) is 9.57. The van der Waals surface area contributed by atoms with Gasteiger partial charge in [0.15, 0.2) is 0 Å². The van der Waals surface area contributed by atoms with Crippen LogP contribution in [0.4, 0.5) is 0 Å². The number of amides is 2. The molecule has 0 spiro atoms. The Balaban J connectivity index is 1.37. The Kier molecular flexibility index (Phi) is 6.82. The number of nitrogens with zero attached hydrogens (tertiary/aromatic N) is 3. The minimum atomic E-state index is -0.0604. The molecule has 0 saturated carbocycles. The van der Waals surface area contributed by atoms with E-state index in [1.807, 2.05) is 9.80 Å². The number of carbonyl (C=O) groups excluding carboxylic acids is 2. The smallest absolute Gasteiger partial charge is 0.253 e. The Hall–Kier alpha value is -2.12. The van der Waals surface area contributed by atoms with Gasteiger partial charge in [-0.2, -0.15) is 0 Å². The van der Waals surface area contributed by atoms with E-state index in [1.54, 1.807) is 55.6 Å². The Morgan fingerprint density at radius 1 is 0.774 bits per heavy atom. The van der Waals surface area contributed by atoms with Crippen molar-refractivity contribution in [2.24, 2.45) is 0 Å². The van der Waals surface area contributed by atoms with Crippen LogP contribution in [0.3, 0.4) is 0 Å². The van der Waals surface area contributed by atoms with E-state index in [9.17, 15) is 9.59 Å². The molecule has 4 rings (SSSR count). The molecule has 2 aromatic rings. The summed E-state index contributed by atoms with van der Waals surface area (Å²) in [5.41, 5.74) is 1.27. The van der Waals surface area contributed by atoms with Crippen LogP contribution in [0.25, 0.3) is 0 Å². The average molecular weight is 462 g/mol. The molecule has 0 bridgehead atoms. The minimum absolute atomic E-state index is 0.0160. The maximum atomic E-state index is 12.9. The molecule has 2 aromatic carbocycles. The molecule has 2 amide bonds. The molecule has 31 heavy (non-hydrogen) atoms. The van der Waals surface area contributed by atoms with Crippen LogP contribution in [0.15, 0.2) is 48.5 Å². The number of hydrogen-bond donors (Lipinski definition) is 0. The second-order valence-electron chi connectivity index (χ2n) is 7.89. The van der Waals surface area contributed by atoms with Crippen molar-refractivity contribution in [1.82, 2.24) is 14.7 Å². The first-order valence-electron chi connectivity index (χ1n) is 10.3. The molecule has 6 nitrogen and oxygen atoms in total. The van der Waals surface area contributed by atoms with E-state index in [1.165, 1.54) is 0 Å². The van der Waals surface area contributed by atoms with E-state index in [0.717, 1.165) is 13.1 Å². The monoisotopic (exact) mass is 461 g/mol. The fraction of sp³-hybridized carbons (Fsp3) is 0.391. The van der Waals surface area contributed by atoms with Gasteiger partial charge in [0.25, 0.3) is 11.8 Å². The van der Waals surface area contributed by atoms with Crippen molar-refractivity contribution in [1.29, 1.82) is 0 Å². The first-order chi connectivity index (χ1) is 15.0. The summed E-state index contributed by atoms with van der Waals surface area (Å²) in [5, 5.41) is 1.22. The Morgan fingerprint density at radius 3 is 1.74 bits per heavy atom. The van der Waals surface area contributed by atoms with Crippen LogP contribution in [-0.2, 0) is 4.74 Å². The Morgan fingerprint density at radius 2 is 1.26 bits per heavy atom. The first-order valence-corrected chi connectivity index (χ1v) is 11.1. The molecule has 0 unspecified atom stereocenters. The number of halogens is 2. The summed E-state index contributed by atoms with van der Waals surface area (Å²) >= 11 is 11.9. The summed E-state index contributed by atoms with van der Waals surface area (Å²) < 4.78 is 5.72. The summed E-state index contributed by atoms with van der Waals surface area (Å²) in [4.78, 5) is 31.7. The maximum Gasteiger partial charge on any atom is 0.253 e. The van der Waals surface area contributed by atoms with E-state index >= 15 is 0 Å². The molecular weight excluding hydrogens is 437 g/mol. The van der Waals surface area contributed by atoms with E-state index in [4.69, 9.17) is 27.9 Å². The van der Waals surface area contributed by atoms with Crippen LogP contribution in [0, 0.1) is 0 Å². The van der Waals surface area contributed by atoms with Gasteiger partial charge < -0.3 is 14.5 Å². The zero-order chi connectivity index (χ0) is 22.0. The van der Waals surface area contributed by atoms with Gasteiger partial charge in [-0.3, -0.25) is 14.5 Å². The quantitative estimate of drug-likeness (QED) is 0.700. The van der Waals surface area contributed by atoms with Crippen LogP contribution in [0.5, 0.6) is 0 Å². The summed E-state index contributed by atoms with van der Waals surface area (Å²) in [6.07, 6.45) is -0.0604. The number of methoxy groups -OCH3 is 1. The largest absolute Gasteiger partial charge is 0.378 e. The van der Waals surface area contributed by atoms with Crippen molar-refractivity contribution in [3.8, 4) is 0 Å². The molecule has 2 fully saturated rings. The summed E-state index contributed by atoms with van der Waals surface area (Å²) in [7, 11) is 1.69. The highest BCUT2D eigenvalue weighted by atomic mass is 35.5. The summed E-state index contributed by atoms with van der Waals surface area (Å²) in [5.74, 6) is 0.00309. The third-order valence-electron chi connectivity index (χ3n) is 6.08. The van der Waals surface area contributed by atoms with Crippen molar-refractivity contribution < 1.29 is 14.3 Å². The number of ether oxygens (including phenoxy) is 1. The highest BCUT2D eigenvalue weighted by Gasteiger charge is 2.40. The lowest BCUT2D eigenvalue weighted by atomic mass is 10.1. The highest BCUT2D eigenvalue weighted by Crippen LogP contribution is 2.23. The van der Waals surface area contributed by atoms with Crippen LogP contribution in [0.2, 0.25) is 10.0 Å². The van der Waals surface area contributed by atoms with E-state index in [0.29, 0.717) is 47.4 Å². The van der Waals surface area contributed by atoms with Gasteiger partial charge in [0, 0.05) is 67.6 Å². The van der Waals surface area contributed by atoms with Gasteiger partial charge in [-0.1, -0.05) is 23.2 Å². The van der Waals surface area contributed by atoms with E-state index in [2.05, 4.69) is 4.90 Å². The van der Waals surface area contributed by atoms with E-state index in [-0.39, 0.29) is 24.0 Å². The maximum absolute atomic E-state index is 12.9. The van der Waals surface area contributed by atoms with Crippen LogP contribution in [0.1, 0.15) is 20.7 Å². The Bertz CT molecular complexity index is 928. The molecule has 0 radical (unpaired) electrons. The normalized spacial score (nSPS) is 22.0. The lowest BCUT2D eigenvalue weighted by Crippen LogP contribution is -2.55. The first kappa shape index (κ1) is 22.1. The van der Waals surface area contributed by atoms with Gasteiger partial charge in [0.2, 0.25) is 0 Å². The third-order valence-corrected chi connectivity index (χ3v) is 6.58. The van der Waals surface area contributed by atoms with Gasteiger partial charge in [0.1, 0.15) is 0 Å². The third kappa shape index (κ3) is 4.88.